The lowest BCUT2D eigenvalue weighted by molar-refractivity contribution is -0.140. The molecule has 1 aromatic heterocycles. The number of fused-ring (bicyclic) bond motifs is 1. The average molecular weight is 411 g/mol. The largest absolute Gasteiger partial charge is 0.480 e. The molecule has 3 aromatic rings. The molecule has 1 amide bonds. The first-order chi connectivity index (χ1) is 13.6. The molecule has 1 atom stereocenters. The van der Waals surface area contributed by atoms with Gasteiger partial charge in [-0.25, -0.2) is 4.79 Å². The van der Waals surface area contributed by atoms with Crippen molar-refractivity contribution in [3.8, 4) is 0 Å². The minimum absolute atomic E-state index is 0.0327. The van der Waals surface area contributed by atoms with E-state index in [1.54, 1.807) is 16.7 Å². The number of aliphatic carboxylic acids is 1. The second-order valence-electron chi connectivity index (χ2n) is 8.23. The Balaban J connectivity index is 2.24. The van der Waals surface area contributed by atoms with Crippen LogP contribution in [0.25, 0.3) is 10.2 Å². The summed E-state index contributed by atoms with van der Waals surface area (Å²) in [7, 11) is 0. The number of aryl methyl sites for hydroxylation is 1. The lowest BCUT2D eigenvalue weighted by Crippen LogP contribution is -2.27. The Bertz CT molecular complexity index is 1130. The van der Waals surface area contributed by atoms with E-state index < -0.39 is 12.0 Å². The number of hydrogen-bond acceptors (Lipinski definition) is 3. The lowest BCUT2D eigenvalue weighted by Gasteiger charge is -2.19. The molecule has 6 heteroatoms. The van der Waals surface area contributed by atoms with Crippen molar-refractivity contribution in [1.29, 1.82) is 0 Å². The van der Waals surface area contributed by atoms with Crippen molar-refractivity contribution >= 4 is 33.4 Å². The van der Waals surface area contributed by atoms with Crippen molar-refractivity contribution in [3.05, 3.63) is 64.0 Å². The molecule has 29 heavy (non-hydrogen) atoms. The van der Waals surface area contributed by atoms with Crippen LogP contribution in [0.4, 0.5) is 0 Å². The van der Waals surface area contributed by atoms with Gasteiger partial charge in [0.1, 0.15) is 6.04 Å². The van der Waals surface area contributed by atoms with Gasteiger partial charge in [0.15, 0.2) is 4.80 Å². The van der Waals surface area contributed by atoms with Crippen LogP contribution < -0.4 is 4.80 Å². The highest BCUT2D eigenvalue weighted by atomic mass is 32.1. The zero-order chi connectivity index (χ0) is 21.3. The molecule has 2 aromatic carbocycles. The third-order valence-electron chi connectivity index (χ3n) is 4.97. The fourth-order valence-corrected chi connectivity index (χ4v) is 4.31. The van der Waals surface area contributed by atoms with Gasteiger partial charge in [0, 0.05) is 5.56 Å². The van der Waals surface area contributed by atoms with Crippen LogP contribution in [-0.4, -0.2) is 21.6 Å². The van der Waals surface area contributed by atoms with Gasteiger partial charge in [0.2, 0.25) is 0 Å². The Kier molecular flexibility index (Phi) is 5.75. The quantitative estimate of drug-likeness (QED) is 0.651. The standard InChI is InChI=1S/C23H26N2O3S/c1-6-17(21(27)28)25-18-12-11-16(23(3,4)5)13-19(18)29-22(25)24-20(26)15-9-7-14(2)8-10-15/h7-13,17H,6H2,1-5H3,(H,27,28). The summed E-state index contributed by atoms with van der Waals surface area (Å²) in [6, 6.07) is 12.5. The van der Waals surface area contributed by atoms with E-state index in [0.29, 0.717) is 16.8 Å². The summed E-state index contributed by atoms with van der Waals surface area (Å²) in [5.74, 6) is -1.31. The smallest absolute Gasteiger partial charge is 0.326 e. The first-order valence-electron chi connectivity index (χ1n) is 9.66. The van der Waals surface area contributed by atoms with Gasteiger partial charge in [-0.2, -0.15) is 4.99 Å². The number of amides is 1. The second-order valence-corrected chi connectivity index (χ2v) is 9.24. The molecule has 0 saturated heterocycles. The van der Waals surface area contributed by atoms with Crippen molar-refractivity contribution in [3.63, 3.8) is 0 Å². The highest BCUT2D eigenvalue weighted by Gasteiger charge is 2.23. The van der Waals surface area contributed by atoms with E-state index in [1.165, 1.54) is 11.3 Å². The minimum Gasteiger partial charge on any atom is -0.480 e. The summed E-state index contributed by atoms with van der Waals surface area (Å²) in [5, 5.41) is 9.75. The van der Waals surface area contributed by atoms with Gasteiger partial charge in [-0.05, 0) is 48.6 Å². The van der Waals surface area contributed by atoms with Crippen LogP contribution in [-0.2, 0) is 10.2 Å². The van der Waals surface area contributed by atoms with E-state index in [-0.39, 0.29) is 11.3 Å². The summed E-state index contributed by atoms with van der Waals surface area (Å²) in [5.41, 5.74) is 3.45. The Hall–Kier alpha value is -2.73. The molecule has 0 aliphatic rings. The molecule has 0 aliphatic heterocycles. The maximum atomic E-state index is 12.7. The lowest BCUT2D eigenvalue weighted by atomic mass is 9.87. The molecule has 1 N–H and O–H groups in total. The Morgan fingerprint density at radius 3 is 2.34 bits per heavy atom. The van der Waals surface area contributed by atoms with Crippen molar-refractivity contribution in [2.75, 3.05) is 0 Å². The van der Waals surface area contributed by atoms with E-state index in [4.69, 9.17) is 0 Å². The van der Waals surface area contributed by atoms with E-state index in [2.05, 4.69) is 31.8 Å². The van der Waals surface area contributed by atoms with E-state index in [1.807, 2.05) is 38.1 Å². The maximum Gasteiger partial charge on any atom is 0.326 e. The summed E-state index contributed by atoms with van der Waals surface area (Å²) in [6.45, 7) is 10.2. The fraction of sp³-hybridized carbons (Fsp3) is 0.348. The SMILES string of the molecule is CCC(C(=O)O)n1c(=NC(=O)c2ccc(C)cc2)sc2cc(C(C)(C)C)ccc21. The van der Waals surface area contributed by atoms with E-state index >= 15 is 0 Å². The highest BCUT2D eigenvalue weighted by Crippen LogP contribution is 2.29. The van der Waals surface area contributed by atoms with Crippen molar-refractivity contribution in [1.82, 2.24) is 4.57 Å². The second kappa shape index (κ2) is 7.95. The van der Waals surface area contributed by atoms with Crippen LogP contribution in [0.2, 0.25) is 0 Å². The molecule has 1 heterocycles. The molecule has 0 bridgehead atoms. The molecular weight excluding hydrogens is 384 g/mol. The highest BCUT2D eigenvalue weighted by molar-refractivity contribution is 7.16. The van der Waals surface area contributed by atoms with Crippen LogP contribution in [0.15, 0.2) is 47.5 Å². The summed E-state index contributed by atoms with van der Waals surface area (Å²) < 4.78 is 2.61. The summed E-state index contributed by atoms with van der Waals surface area (Å²) >= 11 is 1.35. The number of carboxylic acid groups (broad SMARTS) is 1. The topological polar surface area (TPSA) is 71.7 Å². The number of thiazole rings is 1. The van der Waals surface area contributed by atoms with Gasteiger partial charge in [-0.3, -0.25) is 4.79 Å². The predicted molar refractivity (Wildman–Crippen MR) is 117 cm³/mol. The number of carbonyl (C=O) groups is 2. The first-order valence-corrected chi connectivity index (χ1v) is 10.5. The predicted octanol–water partition coefficient (Wildman–Crippen LogP) is 5.09. The zero-order valence-electron chi connectivity index (χ0n) is 17.4. The molecule has 5 nitrogen and oxygen atoms in total. The molecule has 0 saturated carbocycles. The van der Waals surface area contributed by atoms with Crippen LogP contribution in [0.5, 0.6) is 0 Å². The Morgan fingerprint density at radius 1 is 1.14 bits per heavy atom. The Morgan fingerprint density at radius 2 is 1.79 bits per heavy atom. The van der Waals surface area contributed by atoms with Gasteiger partial charge in [-0.15, -0.1) is 0 Å². The van der Waals surface area contributed by atoms with Gasteiger partial charge >= 0.3 is 5.97 Å². The van der Waals surface area contributed by atoms with E-state index in [0.717, 1.165) is 21.3 Å². The fourth-order valence-electron chi connectivity index (χ4n) is 3.21. The third kappa shape index (κ3) is 4.32. The summed E-state index contributed by atoms with van der Waals surface area (Å²) in [4.78, 5) is 29.4. The maximum absolute atomic E-state index is 12.7. The van der Waals surface area contributed by atoms with Crippen LogP contribution in [0.3, 0.4) is 0 Å². The van der Waals surface area contributed by atoms with Crippen molar-refractivity contribution in [2.45, 2.75) is 52.5 Å². The molecule has 3 rings (SSSR count). The summed E-state index contributed by atoms with van der Waals surface area (Å²) in [6.07, 6.45) is 0.397. The van der Waals surface area contributed by atoms with Gasteiger partial charge in [0.25, 0.3) is 5.91 Å². The number of carbonyl (C=O) groups excluding carboxylic acids is 1. The zero-order valence-corrected chi connectivity index (χ0v) is 18.2. The number of nitrogens with zero attached hydrogens (tertiary/aromatic N) is 2. The number of benzene rings is 2. The molecule has 152 valence electrons. The minimum atomic E-state index is -0.934. The van der Waals surface area contributed by atoms with Gasteiger partial charge < -0.3 is 9.67 Å². The number of carboxylic acids is 1. The average Bonchev–Trinajstić information content (AvgIpc) is 2.99. The molecule has 0 radical (unpaired) electrons. The number of rotatable bonds is 4. The van der Waals surface area contributed by atoms with Crippen LogP contribution in [0.1, 0.15) is 61.6 Å². The first kappa shape index (κ1) is 21.0. The molecule has 1 unspecified atom stereocenters. The van der Waals surface area contributed by atoms with Gasteiger partial charge in [-0.1, -0.05) is 62.8 Å². The molecule has 0 aliphatic carbocycles. The molecule has 0 fully saturated rings. The normalized spacial score (nSPS) is 13.6. The number of hydrogen-bond donors (Lipinski definition) is 1. The van der Waals surface area contributed by atoms with Crippen LogP contribution >= 0.6 is 11.3 Å². The van der Waals surface area contributed by atoms with E-state index in [9.17, 15) is 14.7 Å². The van der Waals surface area contributed by atoms with Gasteiger partial charge in [0.05, 0.1) is 10.2 Å². The number of aromatic nitrogens is 1. The van der Waals surface area contributed by atoms with Crippen molar-refractivity contribution < 1.29 is 14.7 Å². The monoisotopic (exact) mass is 410 g/mol. The molecular formula is C23H26N2O3S. The van der Waals surface area contributed by atoms with Crippen molar-refractivity contribution in [2.24, 2.45) is 4.99 Å². The Labute approximate surface area is 174 Å². The molecule has 0 spiro atoms. The van der Waals surface area contributed by atoms with Crippen LogP contribution in [0, 0.1) is 6.92 Å². The third-order valence-corrected chi connectivity index (χ3v) is 5.99.